The highest BCUT2D eigenvalue weighted by molar-refractivity contribution is 6.72. The van der Waals surface area contributed by atoms with Gasteiger partial charge in [0.2, 0.25) is 5.95 Å². The van der Waals surface area contributed by atoms with Gasteiger partial charge in [-0.05, 0) is 49.5 Å². The summed E-state index contributed by atoms with van der Waals surface area (Å²) in [6, 6.07) is 7.19. The van der Waals surface area contributed by atoms with Crippen molar-refractivity contribution in [3.63, 3.8) is 0 Å². The van der Waals surface area contributed by atoms with Crippen molar-refractivity contribution in [2.24, 2.45) is 5.92 Å². The summed E-state index contributed by atoms with van der Waals surface area (Å²) in [7, 11) is -2.33. The maximum Gasteiger partial charge on any atom is 0.419 e. The molecule has 1 fully saturated rings. The second-order valence-electron chi connectivity index (χ2n) is 10.4. The topological polar surface area (TPSA) is 85.9 Å². The van der Waals surface area contributed by atoms with Gasteiger partial charge in [0.1, 0.15) is 5.56 Å². The highest BCUT2D eigenvalue weighted by Gasteiger charge is 2.41. The maximum atomic E-state index is 13.8. The number of halogens is 3. The molecule has 6 nitrogen and oxygen atoms in total. The molecule has 34 heavy (non-hydrogen) atoms. The van der Waals surface area contributed by atoms with Gasteiger partial charge in [0.15, 0.2) is 8.32 Å². The van der Waals surface area contributed by atoms with Gasteiger partial charge in [0, 0.05) is 41.4 Å². The van der Waals surface area contributed by atoms with E-state index in [0.717, 1.165) is 31.1 Å². The summed E-state index contributed by atoms with van der Waals surface area (Å²) in [5, 5.41) is 7.19. The van der Waals surface area contributed by atoms with Gasteiger partial charge in [-0.15, -0.1) is 0 Å². The number of alkyl halides is 3. The molecule has 1 aliphatic rings. The Morgan fingerprint density at radius 3 is 2.62 bits per heavy atom. The summed E-state index contributed by atoms with van der Waals surface area (Å²) >= 11 is 0. The number of para-hydroxylation sites is 1. The van der Waals surface area contributed by atoms with Crippen LogP contribution in [0.3, 0.4) is 0 Å². The van der Waals surface area contributed by atoms with E-state index in [1.807, 2.05) is 25.2 Å². The summed E-state index contributed by atoms with van der Waals surface area (Å²) < 4.78 is 41.4. The van der Waals surface area contributed by atoms with Crippen LogP contribution in [0.25, 0.3) is 22.2 Å². The zero-order chi connectivity index (χ0) is 24.7. The van der Waals surface area contributed by atoms with E-state index in [4.69, 9.17) is 0 Å². The molecule has 3 aromatic rings. The highest BCUT2D eigenvalue weighted by atomic mass is 28.4. The van der Waals surface area contributed by atoms with Crippen LogP contribution in [0.5, 0.6) is 0 Å². The van der Waals surface area contributed by atoms with Crippen molar-refractivity contribution in [3.05, 3.63) is 42.2 Å². The Balaban J connectivity index is 1.59. The number of nitrogens with one attached hydrogen (secondary N) is 3. The van der Waals surface area contributed by atoms with Gasteiger partial charge in [-0.1, -0.05) is 32.0 Å². The molecular formula is C24H32F3N5OSi. The lowest BCUT2D eigenvalue weighted by Gasteiger charge is -2.40. The molecule has 1 saturated heterocycles. The first kappa shape index (κ1) is 24.7. The number of rotatable bonds is 6. The van der Waals surface area contributed by atoms with Crippen LogP contribution in [0.4, 0.5) is 19.1 Å². The van der Waals surface area contributed by atoms with E-state index in [9.17, 15) is 18.0 Å². The van der Waals surface area contributed by atoms with Crippen LogP contribution in [-0.4, -0.2) is 47.2 Å². The number of piperidine rings is 1. The number of nitrogens with zero attached hydrogens (tertiary/aromatic N) is 2. The van der Waals surface area contributed by atoms with E-state index in [2.05, 4.69) is 39.4 Å². The summed E-state index contributed by atoms with van der Waals surface area (Å²) in [6.07, 6.45) is -0.442. The highest BCUT2D eigenvalue weighted by Crippen LogP contribution is 2.43. The molecule has 4 N–H and O–H groups in total. The zero-order valence-corrected chi connectivity index (χ0v) is 20.9. The molecule has 0 radical (unpaired) electrons. The quantitative estimate of drug-likeness (QED) is 0.347. The van der Waals surface area contributed by atoms with E-state index in [1.165, 1.54) is 0 Å². The molecule has 0 unspecified atom stereocenters. The van der Waals surface area contributed by atoms with Crippen LogP contribution in [0.15, 0.2) is 36.7 Å². The molecule has 1 aromatic carbocycles. The largest absolute Gasteiger partial charge is 0.432 e. The van der Waals surface area contributed by atoms with Crippen LogP contribution >= 0.6 is 0 Å². The predicted molar refractivity (Wildman–Crippen MR) is 131 cm³/mol. The van der Waals surface area contributed by atoms with Gasteiger partial charge in [0.25, 0.3) is 0 Å². The Labute approximate surface area is 198 Å². The number of hydrogen-bond donors (Lipinski definition) is 4. The summed E-state index contributed by atoms with van der Waals surface area (Å²) in [4.78, 5) is 22.0. The Morgan fingerprint density at radius 2 is 1.91 bits per heavy atom. The number of aromatic nitrogens is 3. The average Bonchev–Trinajstić information content (AvgIpc) is 3.16. The number of hydrogen-bond acceptors (Lipinski definition) is 5. The normalized spacial score (nSPS) is 20.0. The molecular weight excluding hydrogens is 459 g/mol. The lowest BCUT2D eigenvalue weighted by molar-refractivity contribution is -0.137. The van der Waals surface area contributed by atoms with Crippen molar-refractivity contribution in [2.75, 3.05) is 18.4 Å². The van der Waals surface area contributed by atoms with Crippen molar-refractivity contribution in [3.8, 4) is 11.3 Å². The Bertz CT molecular complexity index is 1160. The second-order valence-corrected chi connectivity index (χ2v) is 14.9. The molecule has 2 atom stereocenters. The van der Waals surface area contributed by atoms with Gasteiger partial charge >= 0.3 is 6.18 Å². The minimum atomic E-state index is -4.57. The van der Waals surface area contributed by atoms with Crippen molar-refractivity contribution < 1.29 is 18.0 Å². The number of aromatic amines is 1. The third-order valence-electron chi connectivity index (χ3n) is 7.17. The molecule has 2 aromatic heterocycles. The molecule has 0 bridgehead atoms. The fraction of sp³-hybridized carbons (Fsp3) is 0.500. The van der Waals surface area contributed by atoms with E-state index in [-0.39, 0.29) is 22.7 Å². The fourth-order valence-corrected chi connectivity index (χ4v) is 5.37. The monoisotopic (exact) mass is 491 g/mol. The van der Waals surface area contributed by atoms with Crippen molar-refractivity contribution in [1.29, 1.82) is 0 Å². The Kier molecular flexibility index (Phi) is 6.52. The SMILES string of the molecule is CC(C)(C[C@H]1CNC[C@@H](Nc2ncc(C(F)(F)F)c(-c3c[nH]c4ccccc34)n2)C1)[Si](C)(C)O. The molecule has 4 rings (SSSR count). The van der Waals surface area contributed by atoms with Crippen LogP contribution in [0.2, 0.25) is 18.1 Å². The van der Waals surface area contributed by atoms with Gasteiger partial charge in [-0.2, -0.15) is 13.2 Å². The smallest absolute Gasteiger partial charge is 0.419 e. The van der Waals surface area contributed by atoms with E-state index in [1.54, 1.807) is 18.3 Å². The van der Waals surface area contributed by atoms with Gasteiger partial charge in [0.05, 0.1) is 5.69 Å². The first-order valence-electron chi connectivity index (χ1n) is 11.6. The lowest BCUT2D eigenvalue weighted by atomic mass is 9.88. The zero-order valence-electron chi connectivity index (χ0n) is 19.9. The minimum Gasteiger partial charge on any atom is -0.432 e. The molecule has 184 valence electrons. The molecule has 0 amide bonds. The van der Waals surface area contributed by atoms with E-state index in [0.29, 0.717) is 23.4 Å². The lowest BCUT2D eigenvalue weighted by Crippen LogP contribution is -2.47. The fourth-order valence-electron chi connectivity index (χ4n) is 4.58. The maximum absolute atomic E-state index is 13.8. The number of fused-ring (bicyclic) bond motifs is 1. The van der Waals surface area contributed by atoms with Crippen LogP contribution in [-0.2, 0) is 6.18 Å². The molecule has 10 heteroatoms. The first-order chi connectivity index (χ1) is 15.8. The van der Waals surface area contributed by atoms with Crippen LogP contribution in [0, 0.1) is 5.92 Å². The number of H-pyrrole nitrogens is 1. The summed E-state index contributed by atoms with van der Waals surface area (Å²) in [6.45, 7) is 9.66. The third kappa shape index (κ3) is 5.13. The summed E-state index contributed by atoms with van der Waals surface area (Å²) in [5.74, 6) is 0.513. The van der Waals surface area contributed by atoms with E-state index >= 15 is 0 Å². The Hall–Kier alpha value is -2.43. The summed E-state index contributed by atoms with van der Waals surface area (Å²) in [5.41, 5.74) is 0.136. The van der Waals surface area contributed by atoms with Crippen LogP contribution < -0.4 is 10.6 Å². The van der Waals surface area contributed by atoms with Crippen LogP contribution in [0.1, 0.15) is 32.3 Å². The first-order valence-corrected chi connectivity index (χ1v) is 14.5. The standard InChI is InChI=1S/C24H32F3N5OSi/c1-23(2,34(3,4)33)10-15-9-16(12-28-11-15)31-22-30-14-19(24(25,26)27)21(32-22)18-13-29-20-8-6-5-7-17(18)20/h5-8,13-16,28-29,33H,9-12H2,1-4H3,(H,30,31,32)/t15-,16-/m0/s1. The predicted octanol–water partition coefficient (Wildman–Crippen LogP) is 5.40. The molecule has 0 spiro atoms. The molecule has 3 heterocycles. The van der Waals surface area contributed by atoms with Crippen molar-refractivity contribution in [2.45, 2.75) is 57.0 Å². The minimum absolute atomic E-state index is 0.0226. The van der Waals surface area contributed by atoms with Gasteiger partial charge in [-0.3, -0.25) is 0 Å². The Morgan fingerprint density at radius 1 is 1.18 bits per heavy atom. The number of anilines is 1. The van der Waals surface area contributed by atoms with Gasteiger partial charge in [-0.25, -0.2) is 9.97 Å². The molecule has 1 aliphatic heterocycles. The van der Waals surface area contributed by atoms with Crippen molar-refractivity contribution >= 4 is 25.2 Å². The van der Waals surface area contributed by atoms with Gasteiger partial charge < -0.3 is 20.4 Å². The molecule has 0 saturated carbocycles. The number of benzene rings is 1. The third-order valence-corrected chi connectivity index (χ3v) is 10.7. The molecule has 0 aliphatic carbocycles. The van der Waals surface area contributed by atoms with E-state index < -0.39 is 20.1 Å². The van der Waals surface area contributed by atoms with Crippen molar-refractivity contribution in [1.82, 2.24) is 20.3 Å². The second kappa shape index (κ2) is 8.97. The average molecular weight is 492 g/mol.